The van der Waals surface area contributed by atoms with Crippen molar-refractivity contribution in [2.45, 2.75) is 84.5 Å². The summed E-state index contributed by atoms with van der Waals surface area (Å²) < 4.78 is 0. The van der Waals surface area contributed by atoms with Crippen molar-refractivity contribution in [3.05, 3.63) is 71.8 Å². The zero-order chi connectivity index (χ0) is 21.0. The number of hydrogen-bond acceptors (Lipinski definition) is 2. The molecule has 1 atom stereocenters. The molecule has 0 amide bonds. The highest BCUT2D eigenvalue weighted by atomic mass is 15.4. The van der Waals surface area contributed by atoms with Gasteiger partial charge in [0.2, 0.25) is 0 Å². The second-order valence-electron chi connectivity index (χ2n) is 9.21. The van der Waals surface area contributed by atoms with E-state index in [2.05, 4.69) is 84.3 Å². The van der Waals surface area contributed by atoms with Gasteiger partial charge in [-0.25, -0.2) is 0 Å². The van der Waals surface area contributed by atoms with Crippen LogP contribution < -0.4 is 0 Å². The van der Waals surface area contributed by atoms with Gasteiger partial charge in [-0.2, -0.15) is 0 Å². The van der Waals surface area contributed by atoms with Gasteiger partial charge in [0.05, 0.1) is 6.17 Å². The second kappa shape index (κ2) is 12.9. The van der Waals surface area contributed by atoms with Crippen LogP contribution in [0, 0.1) is 5.92 Å². The van der Waals surface area contributed by atoms with E-state index in [1.807, 2.05) is 0 Å². The maximum Gasteiger partial charge on any atom is 0.0655 e. The number of rotatable bonds is 13. The molecule has 0 spiro atoms. The molecule has 0 aromatic heterocycles. The van der Waals surface area contributed by atoms with Crippen molar-refractivity contribution in [2.24, 2.45) is 5.92 Å². The molecule has 1 fully saturated rings. The first-order valence-electron chi connectivity index (χ1n) is 12.3. The SMILES string of the molecule is CCCCCCCCCC(C)C1N(Cc2ccccc2)CCN1Cc1ccccc1. The molecule has 0 bridgehead atoms. The summed E-state index contributed by atoms with van der Waals surface area (Å²) in [5.41, 5.74) is 2.87. The monoisotopic (exact) mass is 406 g/mol. The molecule has 0 radical (unpaired) electrons. The van der Waals surface area contributed by atoms with E-state index in [0.29, 0.717) is 12.1 Å². The van der Waals surface area contributed by atoms with Gasteiger partial charge in [-0.1, -0.05) is 119 Å². The van der Waals surface area contributed by atoms with Crippen LogP contribution in [0.2, 0.25) is 0 Å². The van der Waals surface area contributed by atoms with Crippen LogP contribution in [0.1, 0.15) is 76.3 Å². The van der Waals surface area contributed by atoms with Crippen LogP contribution in [0.4, 0.5) is 0 Å². The minimum Gasteiger partial charge on any atom is -0.282 e. The van der Waals surface area contributed by atoms with Crippen molar-refractivity contribution < 1.29 is 0 Å². The van der Waals surface area contributed by atoms with E-state index in [1.165, 1.54) is 75.6 Å². The lowest BCUT2D eigenvalue weighted by Crippen LogP contribution is -2.43. The second-order valence-corrected chi connectivity index (χ2v) is 9.21. The van der Waals surface area contributed by atoms with Crippen LogP contribution in [0.15, 0.2) is 60.7 Å². The van der Waals surface area contributed by atoms with Crippen molar-refractivity contribution >= 4 is 0 Å². The van der Waals surface area contributed by atoms with Gasteiger partial charge < -0.3 is 0 Å². The molecule has 2 nitrogen and oxygen atoms in total. The van der Waals surface area contributed by atoms with Crippen molar-refractivity contribution in [3.63, 3.8) is 0 Å². The third-order valence-corrected chi connectivity index (χ3v) is 6.65. The lowest BCUT2D eigenvalue weighted by molar-refractivity contribution is 0.0703. The first-order chi connectivity index (χ1) is 14.8. The molecule has 1 aliphatic heterocycles. The van der Waals surface area contributed by atoms with E-state index in [1.54, 1.807) is 0 Å². The van der Waals surface area contributed by atoms with Gasteiger partial charge >= 0.3 is 0 Å². The zero-order valence-corrected chi connectivity index (χ0v) is 19.3. The molecule has 0 saturated carbocycles. The molecule has 1 aliphatic rings. The normalized spacial score (nSPS) is 16.9. The van der Waals surface area contributed by atoms with Crippen LogP contribution in [-0.4, -0.2) is 29.1 Å². The molecule has 2 aromatic rings. The molecule has 1 heterocycles. The summed E-state index contributed by atoms with van der Waals surface area (Å²) in [5.74, 6) is 0.704. The van der Waals surface area contributed by atoms with Crippen molar-refractivity contribution in [1.82, 2.24) is 9.80 Å². The lowest BCUT2D eigenvalue weighted by Gasteiger charge is -2.35. The Bertz CT molecular complexity index is 635. The molecule has 2 aromatic carbocycles. The van der Waals surface area contributed by atoms with Gasteiger partial charge in [0.15, 0.2) is 0 Å². The molecular formula is C28H42N2. The van der Waals surface area contributed by atoms with E-state index in [4.69, 9.17) is 0 Å². The predicted molar refractivity (Wildman–Crippen MR) is 129 cm³/mol. The first kappa shape index (κ1) is 23.0. The maximum absolute atomic E-state index is 2.73. The van der Waals surface area contributed by atoms with Crippen LogP contribution in [0.25, 0.3) is 0 Å². The molecule has 3 rings (SSSR count). The van der Waals surface area contributed by atoms with Crippen LogP contribution in [0.3, 0.4) is 0 Å². The first-order valence-corrected chi connectivity index (χ1v) is 12.3. The Balaban J connectivity index is 1.57. The average molecular weight is 407 g/mol. The summed E-state index contributed by atoms with van der Waals surface area (Å²) in [5, 5.41) is 0. The average Bonchev–Trinajstić information content (AvgIpc) is 3.16. The third kappa shape index (κ3) is 7.25. The van der Waals surface area contributed by atoms with Gasteiger partial charge in [-0.05, 0) is 23.5 Å². The fourth-order valence-electron chi connectivity index (χ4n) is 5.03. The largest absolute Gasteiger partial charge is 0.282 e. The Kier molecular flexibility index (Phi) is 9.92. The Morgan fingerprint density at radius 2 is 1.17 bits per heavy atom. The van der Waals surface area contributed by atoms with Crippen LogP contribution in [-0.2, 0) is 13.1 Å². The summed E-state index contributed by atoms with van der Waals surface area (Å²) in [6, 6.07) is 22.0. The lowest BCUT2D eigenvalue weighted by atomic mass is 9.97. The molecule has 2 heteroatoms. The summed E-state index contributed by atoms with van der Waals surface area (Å²) in [4.78, 5) is 5.45. The van der Waals surface area contributed by atoms with E-state index in [0.717, 1.165) is 13.1 Å². The fourth-order valence-corrected chi connectivity index (χ4v) is 5.03. The Hall–Kier alpha value is -1.64. The Labute approximate surface area is 185 Å². The third-order valence-electron chi connectivity index (χ3n) is 6.65. The Morgan fingerprint density at radius 1 is 0.700 bits per heavy atom. The summed E-state index contributed by atoms with van der Waals surface area (Å²) in [6.07, 6.45) is 11.7. The number of benzene rings is 2. The van der Waals surface area contributed by atoms with Crippen LogP contribution in [0.5, 0.6) is 0 Å². The van der Waals surface area contributed by atoms with E-state index >= 15 is 0 Å². The van der Waals surface area contributed by atoms with Gasteiger partial charge in [0.25, 0.3) is 0 Å². The van der Waals surface area contributed by atoms with Crippen molar-refractivity contribution in [1.29, 1.82) is 0 Å². The fraction of sp³-hybridized carbons (Fsp3) is 0.571. The topological polar surface area (TPSA) is 6.48 Å². The number of hydrogen-bond donors (Lipinski definition) is 0. The van der Waals surface area contributed by atoms with Crippen molar-refractivity contribution in [2.75, 3.05) is 13.1 Å². The molecular weight excluding hydrogens is 364 g/mol. The summed E-state index contributed by atoms with van der Waals surface area (Å²) in [6.45, 7) is 9.27. The minimum atomic E-state index is 0.547. The minimum absolute atomic E-state index is 0.547. The van der Waals surface area contributed by atoms with E-state index < -0.39 is 0 Å². The number of nitrogens with zero attached hydrogens (tertiary/aromatic N) is 2. The van der Waals surface area contributed by atoms with E-state index in [-0.39, 0.29) is 0 Å². The molecule has 1 saturated heterocycles. The quantitative estimate of drug-likeness (QED) is 0.327. The molecule has 30 heavy (non-hydrogen) atoms. The van der Waals surface area contributed by atoms with Gasteiger partial charge in [-0.3, -0.25) is 9.80 Å². The highest BCUT2D eigenvalue weighted by Crippen LogP contribution is 2.29. The van der Waals surface area contributed by atoms with Crippen molar-refractivity contribution in [3.8, 4) is 0 Å². The van der Waals surface area contributed by atoms with E-state index in [9.17, 15) is 0 Å². The van der Waals surface area contributed by atoms with Gasteiger partial charge in [0, 0.05) is 26.2 Å². The Morgan fingerprint density at radius 3 is 1.67 bits per heavy atom. The molecule has 0 N–H and O–H groups in total. The zero-order valence-electron chi connectivity index (χ0n) is 19.3. The van der Waals surface area contributed by atoms with Gasteiger partial charge in [0.1, 0.15) is 0 Å². The standard InChI is InChI=1S/C28H42N2/c1-3-4-5-6-7-8-11-16-25(2)28-29(23-26-17-12-9-13-18-26)21-22-30(28)24-27-19-14-10-15-20-27/h9-10,12-15,17-20,25,28H,3-8,11,16,21-24H2,1-2H3. The molecule has 0 aliphatic carbocycles. The smallest absolute Gasteiger partial charge is 0.0655 e. The predicted octanol–water partition coefficient (Wildman–Crippen LogP) is 7.11. The molecule has 164 valence electrons. The van der Waals surface area contributed by atoms with Gasteiger partial charge in [-0.15, -0.1) is 0 Å². The summed E-state index contributed by atoms with van der Waals surface area (Å²) in [7, 11) is 0. The molecule has 1 unspecified atom stereocenters. The highest BCUT2D eigenvalue weighted by molar-refractivity contribution is 5.16. The van der Waals surface area contributed by atoms with Crippen LogP contribution >= 0.6 is 0 Å². The highest BCUT2D eigenvalue weighted by Gasteiger charge is 2.35. The number of unbranched alkanes of at least 4 members (excludes halogenated alkanes) is 6. The summed E-state index contributed by atoms with van der Waals surface area (Å²) >= 11 is 0. The maximum atomic E-state index is 2.73.